The van der Waals surface area contributed by atoms with Crippen LogP contribution in [0.1, 0.15) is 16.1 Å². The number of aliphatic imine (C=N–C) groups is 1. The summed E-state index contributed by atoms with van der Waals surface area (Å²) in [6.07, 6.45) is 0. The van der Waals surface area contributed by atoms with E-state index in [0.717, 1.165) is 16.5 Å². The number of hydrogen-bond donors (Lipinski definition) is 4. The Bertz CT molecular complexity index is 958. The Balaban J connectivity index is 1.98. The highest BCUT2D eigenvalue weighted by atomic mass is 16.5. The van der Waals surface area contributed by atoms with E-state index in [0.29, 0.717) is 22.9 Å². The Morgan fingerprint density at radius 3 is 2.60 bits per heavy atom. The van der Waals surface area contributed by atoms with E-state index in [-0.39, 0.29) is 11.9 Å². The van der Waals surface area contributed by atoms with Gasteiger partial charge in [-0.3, -0.25) is 15.1 Å². The lowest BCUT2D eigenvalue weighted by atomic mass is 10.1. The first-order chi connectivity index (χ1) is 12.0. The number of aromatic amines is 1. The van der Waals surface area contributed by atoms with E-state index in [4.69, 9.17) is 16.2 Å². The highest BCUT2D eigenvalue weighted by Gasteiger charge is 2.15. The molecule has 0 radical (unpaired) electrons. The number of carbonyl (C=O) groups is 1. The molecule has 0 bridgehead atoms. The first-order valence-corrected chi connectivity index (χ1v) is 7.67. The smallest absolute Gasteiger partial charge is 0.274 e. The van der Waals surface area contributed by atoms with Gasteiger partial charge < -0.3 is 21.2 Å². The number of benzene rings is 2. The molecule has 0 unspecified atom stereocenters. The first-order valence-electron chi connectivity index (χ1n) is 7.67. The van der Waals surface area contributed by atoms with Gasteiger partial charge in [0.05, 0.1) is 5.52 Å². The van der Waals surface area contributed by atoms with Crippen molar-refractivity contribution in [1.82, 2.24) is 10.3 Å². The molecule has 7 heteroatoms. The number of amides is 1. The van der Waals surface area contributed by atoms with Gasteiger partial charge in [-0.15, -0.1) is 0 Å². The minimum absolute atomic E-state index is 0.0544. The fraction of sp³-hybridized carbons (Fsp3) is 0.111. The van der Waals surface area contributed by atoms with Gasteiger partial charge in [0.25, 0.3) is 5.91 Å². The van der Waals surface area contributed by atoms with Gasteiger partial charge in [0.15, 0.2) is 11.7 Å². The number of carbonyl (C=O) groups excluding carboxylic acids is 1. The second-order valence-electron chi connectivity index (χ2n) is 5.59. The second-order valence-corrected chi connectivity index (χ2v) is 5.59. The molecule has 1 aromatic heterocycles. The average molecular weight is 337 g/mol. The van der Waals surface area contributed by atoms with E-state index in [1.165, 1.54) is 7.05 Å². The standard InChI is InChI=1S/C18H19N5O2/c1-10-3-8-15(25-12-6-4-11(19)5-7-12)16-13(10)9-14(22-16)17(24)23-18(20)21-2/h3-9,22H,19H2,1-2H3,(H3,20,21,23,24). The normalized spacial score (nSPS) is 11.5. The van der Waals surface area contributed by atoms with E-state index < -0.39 is 0 Å². The van der Waals surface area contributed by atoms with Crippen molar-refractivity contribution in [2.75, 3.05) is 12.8 Å². The number of nitrogens with two attached hydrogens (primary N) is 2. The van der Waals surface area contributed by atoms with Crippen LogP contribution in [0.25, 0.3) is 10.9 Å². The predicted molar refractivity (Wildman–Crippen MR) is 99.0 cm³/mol. The van der Waals surface area contributed by atoms with Crippen LogP contribution in [-0.4, -0.2) is 23.9 Å². The number of hydrogen-bond acceptors (Lipinski definition) is 4. The van der Waals surface area contributed by atoms with E-state index in [1.807, 2.05) is 19.1 Å². The molecule has 0 atom stereocenters. The third-order valence-corrected chi connectivity index (χ3v) is 3.81. The van der Waals surface area contributed by atoms with Gasteiger partial charge in [-0.05, 0) is 48.9 Å². The van der Waals surface area contributed by atoms with Gasteiger partial charge in [-0.2, -0.15) is 0 Å². The molecule has 7 nitrogen and oxygen atoms in total. The molecule has 25 heavy (non-hydrogen) atoms. The Labute approximate surface area is 144 Å². The largest absolute Gasteiger partial charge is 0.455 e. The second kappa shape index (κ2) is 6.56. The van der Waals surface area contributed by atoms with Gasteiger partial charge in [-0.25, -0.2) is 0 Å². The Morgan fingerprint density at radius 2 is 1.92 bits per heavy atom. The van der Waals surface area contributed by atoms with Crippen LogP contribution in [0.15, 0.2) is 47.5 Å². The summed E-state index contributed by atoms with van der Waals surface area (Å²) in [6.45, 7) is 1.96. The number of H-pyrrole nitrogens is 1. The molecule has 0 saturated heterocycles. The van der Waals surface area contributed by atoms with Crippen LogP contribution in [-0.2, 0) is 0 Å². The van der Waals surface area contributed by atoms with Crippen molar-refractivity contribution in [2.45, 2.75) is 6.92 Å². The van der Waals surface area contributed by atoms with Gasteiger partial charge in [-0.1, -0.05) is 6.07 Å². The van der Waals surface area contributed by atoms with Gasteiger partial charge >= 0.3 is 0 Å². The summed E-state index contributed by atoms with van der Waals surface area (Å²) in [6, 6.07) is 12.7. The van der Waals surface area contributed by atoms with Crippen molar-refractivity contribution in [3.8, 4) is 11.5 Å². The van der Waals surface area contributed by atoms with Crippen molar-refractivity contribution >= 4 is 28.5 Å². The summed E-state index contributed by atoms with van der Waals surface area (Å²) in [5.74, 6) is 0.958. The maximum atomic E-state index is 12.2. The zero-order valence-electron chi connectivity index (χ0n) is 14.0. The number of guanidine groups is 1. The number of nitrogens with one attached hydrogen (secondary N) is 2. The van der Waals surface area contributed by atoms with E-state index >= 15 is 0 Å². The maximum absolute atomic E-state index is 12.2. The molecule has 0 aliphatic carbocycles. The van der Waals surface area contributed by atoms with Crippen LogP contribution in [0.5, 0.6) is 11.5 Å². The highest BCUT2D eigenvalue weighted by Crippen LogP contribution is 2.32. The molecule has 0 aliphatic rings. The van der Waals surface area contributed by atoms with Crippen molar-refractivity contribution in [2.24, 2.45) is 10.7 Å². The fourth-order valence-electron chi connectivity index (χ4n) is 2.44. The Hall–Kier alpha value is -3.48. The predicted octanol–water partition coefficient (Wildman–Crippen LogP) is 2.53. The monoisotopic (exact) mass is 337 g/mol. The number of nitrogen functional groups attached to an aromatic ring is 1. The molecule has 1 amide bonds. The van der Waals surface area contributed by atoms with Crippen LogP contribution in [0.2, 0.25) is 0 Å². The lowest BCUT2D eigenvalue weighted by molar-refractivity contribution is 0.0972. The van der Waals surface area contributed by atoms with Crippen LogP contribution in [0.3, 0.4) is 0 Å². The number of aromatic nitrogens is 1. The number of fused-ring (bicyclic) bond motifs is 1. The molecule has 0 fully saturated rings. The van der Waals surface area contributed by atoms with Crippen LogP contribution >= 0.6 is 0 Å². The molecule has 3 rings (SSSR count). The van der Waals surface area contributed by atoms with Crippen molar-refractivity contribution in [3.63, 3.8) is 0 Å². The molecule has 0 aliphatic heterocycles. The lowest BCUT2D eigenvalue weighted by Gasteiger charge is -2.08. The Kier molecular flexibility index (Phi) is 4.30. The lowest BCUT2D eigenvalue weighted by Crippen LogP contribution is -2.36. The number of ether oxygens (including phenoxy) is 1. The van der Waals surface area contributed by atoms with Gasteiger partial charge in [0.1, 0.15) is 11.4 Å². The number of anilines is 1. The van der Waals surface area contributed by atoms with Crippen molar-refractivity contribution in [3.05, 3.63) is 53.7 Å². The summed E-state index contributed by atoms with van der Waals surface area (Å²) < 4.78 is 5.93. The average Bonchev–Trinajstić information content (AvgIpc) is 3.06. The fourth-order valence-corrected chi connectivity index (χ4v) is 2.44. The van der Waals surface area contributed by atoms with Crippen LogP contribution in [0, 0.1) is 6.92 Å². The molecule has 1 heterocycles. The topological polar surface area (TPSA) is 119 Å². The molecule has 6 N–H and O–H groups in total. The quantitative estimate of drug-likeness (QED) is 0.333. The SMILES string of the molecule is CN=C(N)NC(=O)c1cc2c(C)ccc(Oc3ccc(N)cc3)c2[nH]1. The molecule has 0 spiro atoms. The first kappa shape index (κ1) is 16.4. The van der Waals surface area contributed by atoms with Gasteiger partial charge in [0.2, 0.25) is 0 Å². The van der Waals surface area contributed by atoms with Crippen molar-refractivity contribution in [1.29, 1.82) is 0 Å². The van der Waals surface area contributed by atoms with Crippen molar-refractivity contribution < 1.29 is 9.53 Å². The number of aryl methyl sites for hydroxylation is 1. The number of nitrogens with zero attached hydrogens (tertiary/aromatic N) is 1. The third kappa shape index (κ3) is 3.40. The summed E-state index contributed by atoms with van der Waals surface area (Å²) in [5.41, 5.74) is 14.0. The Morgan fingerprint density at radius 1 is 1.20 bits per heavy atom. The highest BCUT2D eigenvalue weighted by molar-refractivity contribution is 6.07. The zero-order chi connectivity index (χ0) is 18.0. The molecule has 0 saturated carbocycles. The molecular weight excluding hydrogens is 318 g/mol. The summed E-state index contributed by atoms with van der Waals surface area (Å²) >= 11 is 0. The minimum atomic E-state index is -0.364. The minimum Gasteiger partial charge on any atom is -0.455 e. The number of rotatable bonds is 3. The van der Waals surface area contributed by atoms with E-state index in [9.17, 15) is 4.79 Å². The van der Waals surface area contributed by atoms with E-state index in [2.05, 4.69) is 15.3 Å². The van der Waals surface area contributed by atoms with Crippen LogP contribution in [0.4, 0.5) is 5.69 Å². The third-order valence-electron chi connectivity index (χ3n) is 3.81. The molecular formula is C18H19N5O2. The zero-order valence-corrected chi connectivity index (χ0v) is 14.0. The molecule has 2 aromatic carbocycles. The van der Waals surface area contributed by atoms with Crippen LogP contribution < -0.4 is 21.5 Å². The molecule has 128 valence electrons. The molecule has 3 aromatic rings. The van der Waals surface area contributed by atoms with Gasteiger partial charge in [0, 0.05) is 18.1 Å². The summed E-state index contributed by atoms with van der Waals surface area (Å²) in [7, 11) is 1.50. The maximum Gasteiger partial charge on any atom is 0.274 e. The summed E-state index contributed by atoms with van der Waals surface area (Å²) in [4.78, 5) is 19.1. The van der Waals surface area contributed by atoms with E-state index in [1.54, 1.807) is 30.3 Å². The summed E-state index contributed by atoms with van der Waals surface area (Å²) in [5, 5.41) is 3.40.